The van der Waals surface area contributed by atoms with E-state index in [1.165, 1.54) is 0 Å². The summed E-state index contributed by atoms with van der Waals surface area (Å²) in [5.74, 6) is 1.04. The predicted octanol–water partition coefficient (Wildman–Crippen LogP) is 1.20. The van der Waals surface area contributed by atoms with E-state index in [2.05, 4.69) is 26.1 Å². The molecule has 2 atom stereocenters. The molecule has 0 unspecified atom stereocenters. The number of hydrogen-bond donors (Lipinski definition) is 2. The highest BCUT2D eigenvalue weighted by Gasteiger charge is 2.37. The second kappa shape index (κ2) is 4.55. The van der Waals surface area contributed by atoms with Gasteiger partial charge in [0.15, 0.2) is 0 Å². The number of primary amides is 1. The summed E-state index contributed by atoms with van der Waals surface area (Å²) in [5.41, 5.74) is 7.04. The molecule has 1 aromatic rings. The van der Waals surface area contributed by atoms with Crippen LogP contribution in [0.3, 0.4) is 0 Å². The van der Waals surface area contributed by atoms with Gasteiger partial charge < -0.3 is 16.0 Å². The summed E-state index contributed by atoms with van der Waals surface area (Å²) in [6.45, 7) is 4.19. The molecule has 96 valence electrons. The maximum absolute atomic E-state index is 11.5. The van der Waals surface area contributed by atoms with Gasteiger partial charge in [0.2, 0.25) is 0 Å². The molecule has 0 spiro atoms. The van der Waals surface area contributed by atoms with Crippen LogP contribution in [0.2, 0.25) is 0 Å². The average Bonchev–Trinajstić information content (AvgIpc) is 2.88. The van der Waals surface area contributed by atoms with Gasteiger partial charge in [-0.1, -0.05) is 15.9 Å². The second-order valence-corrected chi connectivity index (χ2v) is 6.02. The Morgan fingerprint density at radius 2 is 2.00 bits per heavy atom. The van der Waals surface area contributed by atoms with Crippen molar-refractivity contribution >= 4 is 27.5 Å². The van der Waals surface area contributed by atoms with E-state index in [4.69, 9.17) is 5.73 Å². The van der Waals surface area contributed by atoms with Crippen molar-refractivity contribution in [2.24, 2.45) is 17.6 Å². The number of benzene rings is 1. The third-order valence-electron chi connectivity index (χ3n) is 3.96. The minimum absolute atomic E-state index is 0.354. The molecule has 18 heavy (non-hydrogen) atoms. The molecular formula is C13H16BrN3O. The smallest absolute Gasteiger partial charge is 0.250 e. The van der Waals surface area contributed by atoms with Crippen LogP contribution in [0.4, 0.5) is 5.69 Å². The minimum Gasteiger partial charge on any atom is -0.370 e. The van der Waals surface area contributed by atoms with E-state index >= 15 is 0 Å². The van der Waals surface area contributed by atoms with E-state index in [-0.39, 0.29) is 5.91 Å². The molecule has 3 N–H and O–H groups in total. The molecule has 0 saturated carbocycles. The lowest BCUT2D eigenvalue weighted by molar-refractivity contribution is 0.100. The highest BCUT2D eigenvalue weighted by atomic mass is 79.9. The average molecular weight is 310 g/mol. The van der Waals surface area contributed by atoms with Gasteiger partial charge in [-0.2, -0.15) is 0 Å². The second-order valence-electron chi connectivity index (χ2n) is 5.11. The van der Waals surface area contributed by atoms with Crippen molar-refractivity contribution in [3.05, 3.63) is 28.2 Å². The summed E-state index contributed by atoms with van der Waals surface area (Å²) < 4.78 is 0.984. The molecule has 2 saturated heterocycles. The summed E-state index contributed by atoms with van der Waals surface area (Å²) in [4.78, 5) is 13.8. The van der Waals surface area contributed by atoms with Crippen LogP contribution in [-0.2, 0) is 0 Å². The van der Waals surface area contributed by atoms with Crippen molar-refractivity contribution in [1.82, 2.24) is 5.32 Å². The van der Waals surface area contributed by atoms with Crippen LogP contribution in [0.15, 0.2) is 22.7 Å². The van der Waals surface area contributed by atoms with Gasteiger partial charge in [0, 0.05) is 30.7 Å². The first-order chi connectivity index (χ1) is 8.65. The number of carbonyl (C=O) groups excluding carboxylic acids is 1. The maximum Gasteiger partial charge on any atom is 0.250 e. The maximum atomic E-state index is 11.5. The van der Waals surface area contributed by atoms with Crippen molar-refractivity contribution in [3.8, 4) is 0 Å². The molecule has 0 aromatic heterocycles. The Hall–Kier alpha value is -1.07. The monoisotopic (exact) mass is 309 g/mol. The summed E-state index contributed by atoms with van der Waals surface area (Å²) in [7, 11) is 0. The molecule has 2 heterocycles. The van der Waals surface area contributed by atoms with Crippen molar-refractivity contribution in [2.75, 3.05) is 31.1 Å². The Kier molecular flexibility index (Phi) is 3.03. The van der Waals surface area contributed by atoms with E-state index in [1.54, 1.807) is 6.07 Å². The number of carbonyl (C=O) groups is 1. The highest BCUT2D eigenvalue weighted by molar-refractivity contribution is 9.10. The largest absolute Gasteiger partial charge is 0.370 e. The molecule has 2 aliphatic rings. The first kappa shape index (κ1) is 12.0. The summed E-state index contributed by atoms with van der Waals surface area (Å²) in [6, 6.07) is 5.66. The van der Waals surface area contributed by atoms with Crippen molar-refractivity contribution in [2.45, 2.75) is 0 Å². The fourth-order valence-corrected chi connectivity index (χ4v) is 3.38. The third-order valence-corrected chi connectivity index (χ3v) is 4.45. The van der Waals surface area contributed by atoms with E-state index in [1.807, 2.05) is 12.1 Å². The molecule has 3 rings (SSSR count). The van der Waals surface area contributed by atoms with Crippen molar-refractivity contribution in [1.29, 1.82) is 0 Å². The first-order valence-corrected chi connectivity index (χ1v) is 6.99. The standard InChI is InChI=1S/C13H16BrN3O/c14-10-1-2-11(13(15)18)12(3-10)17-6-8-4-16-5-9(8)7-17/h1-3,8-9,16H,4-7H2,(H2,15,18)/t8-,9+. The number of nitrogens with one attached hydrogen (secondary N) is 1. The number of rotatable bonds is 2. The minimum atomic E-state index is -0.354. The number of hydrogen-bond acceptors (Lipinski definition) is 3. The Morgan fingerprint density at radius 1 is 1.33 bits per heavy atom. The van der Waals surface area contributed by atoms with Crippen LogP contribution in [0, 0.1) is 11.8 Å². The molecular weight excluding hydrogens is 294 g/mol. The predicted molar refractivity (Wildman–Crippen MR) is 74.7 cm³/mol. The number of amides is 1. The first-order valence-electron chi connectivity index (χ1n) is 6.20. The van der Waals surface area contributed by atoms with E-state index in [0.717, 1.165) is 36.3 Å². The van der Waals surface area contributed by atoms with Crippen LogP contribution in [-0.4, -0.2) is 32.1 Å². The van der Waals surface area contributed by atoms with Gasteiger partial charge in [0.25, 0.3) is 5.91 Å². The van der Waals surface area contributed by atoms with Gasteiger partial charge in [-0.25, -0.2) is 0 Å². The lowest BCUT2D eigenvalue weighted by atomic mass is 10.0. The summed E-state index contributed by atoms with van der Waals surface area (Å²) >= 11 is 3.46. The van der Waals surface area contributed by atoms with E-state index < -0.39 is 0 Å². The Balaban J connectivity index is 1.92. The van der Waals surface area contributed by atoms with E-state index in [9.17, 15) is 4.79 Å². The molecule has 2 fully saturated rings. The Labute approximate surface area is 115 Å². The number of nitrogens with two attached hydrogens (primary N) is 1. The van der Waals surface area contributed by atoms with Gasteiger partial charge in [0.05, 0.1) is 11.3 Å². The Morgan fingerprint density at radius 3 is 2.61 bits per heavy atom. The lowest BCUT2D eigenvalue weighted by Crippen LogP contribution is -2.28. The molecule has 1 amide bonds. The quantitative estimate of drug-likeness (QED) is 0.863. The molecule has 1 aromatic carbocycles. The lowest BCUT2D eigenvalue weighted by Gasteiger charge is -2.22. The topological polar surface area (TPSA) is 58.4 Å². The Bertz CT molecular complexity index is 479. The fraction of sp³-hybridized carbons (Fsp3) is 0.462. The molecule has 5 heteroatoms. The van der Waals surface area contributed by atoms with Crippen LogP contribution in [0.1, 0.15) is 10.4 Å². The number of halogens is 1. The summed E-state index contributed by atoms with van der Waals surface area (Å²) in [6.07, 6.45) is 0. The SMILES string of the molecule is NC(=O)c1ccc(Br)cc1N1C[C@H]2CNC[C@H]2C1. The highest BCUT2D eigenvalue weighted by Crippen LogP contribution is 2.33. The zero-order valence-electron chi connectivity index (χ0n) is 10.0. The molecule has 2 aliphatic heterocycles. The van der Waals surface area contributed by atoms with Crippen LogP contribution in [0.25, 0.3) is 0 Å². The normalized spacial score (nSPS) is 26.4. The number of anilines is 1. The molecule has 0 bridgehead atoms. The zero-order valence-corrected chi connectivity index (χ0v) is 11.6. The number of nitrogens with zero attached hydrogens (tertiary/aromatic N) is 1. The molecule has 0 aliphatic carbocycles. The van der Waals surface area contributed by atoms with Crippen molar-refractivity contribution in [3.63, 3.8) is 0 Å². The van der Waals surface area contributed by atoms with Gasteiger partial charge >= 0.3 is 0 Å². The fourth-order valence-electron chi connectivity index (χ4n) is 3.03. The van der Waals surface area contributed by atoms with E-state index in [0.29, 0.717) is 17.4 Å². The molecule has 0 radical (unpaired) electrons. The van der Waals surface area contributed by atoms with Gasteiger partial charge in [-0.3, -0.25) is 4.79 Å². The third kappa shape index (κ3) is 2.01. The zero-order chi connectivity index (χ0) is 12.7. The van der Waals surface area contributed by atoms with Crippen LogP contribution < -0.4 is 16.0 Å². The van der Waals surface area contributed by atoms with Gasteiger partial charge in [-0.15, -0.1) is 0 Å². The number of fused-ring (bicyclic) bond motifs is 1. The van der Waals surface area contributed by atoms with Crippen molar-refractivity contribution < 1.29 is 4.79 Å². The van der Waals surface area contributed by atoms with Gasteiger partial charge in [-0.05, 0) is 30.0 Å². The van der Waals surface area contributed by atoms with Crippen LogP contribution >= 0.6 is 15.9 Å². The summed E-state index contributed by atoms with van der Waals surface area (Å²) in [5, 5.41) is 3.42. The van der Waals surface area contributed by atoms with Crippen LogP contribution in [0.5, 0.6) is 0 Å². The molecule has 4 nitrogen and oxygen atoms in total. The van der Waals surface area contributed by atoms with Gasteiger partial charge in [0.1, 0.15) is 0 Å².